The van der Waals surface area contributed by atoms with Gasteiger partial charge in [-0.2, -0.15) is 0 Å². The van der Waals surface area contributed by atoms with Crippen molar-refractivity contribution >= 4 is 5.91 Å². The zero-order valence-corrected chi connectivity index (χ0v) is 14.2. The number of nitrogens with zero attached hydrogens (tertiary/aromatic N) is 1. The first-order valence-corrected chi connectivity index (χ1v) is 8.89. The first-order chi connectivity index (χ1) is 11.8. The van der Waals surface area contributed by atoms with Gasteiger partial charge < -0.3 is 9.73 Å². The quantitative estimate of drug-likeness (QED) is 0.847. The van der Waals surface area contributed by atoms with Crippen molar-refractivity contribution in [1.82, 2.24) is 10.2 Å². The van der Waals surface area contributed by atoms with E-state index >= 15 is 0 Å². The van der Waals surface area contributed by atoms with Gasteiger partial charge in [0.05, 0.1) is 6.26 Å². The molecule has 2 aromatic rings. The van der Waals surface area contributed by atoms with Gasteiger partial charge in [-0.25, -0.2) is 0 Å². The van der Waals surface area contributed by atoms with Crippen LogP contribution in [-0.4, -0.2) is 23.9 Å². The lowest BCUT2D eigenvalue weighted by molar-refractivity contribution is -0.121. The molecule has 4 heteroatoms. The number of hydrogen-bond acceptors (Lipinski definition) is 3. The summed E-state index contributed by atoms with van der Waals surface area (Å²) in [6.07, 6.45) is 6.76. The number of nitrogens with one attached hydrogen (secondary N) is 1. The lowest BCUT2D eigenvalue weighted by Crippen LogP contribution is -2.29. The highest BCUT2D eigenvalue weighted by Crippen LogP contribution is 2.13. The second-order valence-corrected chi connectivity index (χ2v) is 6.51. The minimum atomic E-state index is 0.0591. The standard InChI is InChI=1S/C20H26N2O2/c23-20(11-10-19-5-4-14-24-19)21-15-17-6-8-18(9-7-17)16-22-12-2-1-3-13-22/h4-9,14H,1-3,10-13,15-16H2,(H,21,23). The largest absolute Gasteiger partial charge is 0.469 e. The third-order valence-electron chi connectivity index (χ3n) is 4.55. The van der Waals surface area contributed by atoms with Crippen LogP contribution in [0.4, 0.5) is 0 Å². The Bertz CT molecular complexity index is 614. The minimum Gasteiger partial charge on any atom is -0.469 e. The van der Waals surface area contributed by atoms with E-state index in [2.05, 4.69) is 34.5 Å². The van der Waals surface area contributed by atoms with Crippen molar-refractivity contribution in [3.05, 3.63) is 59.5 Å². The molecule has 1 amide bonds. The number of hydrogen-bond donors (Lipinski definition) is 1. The van der Waals surface area contributed by atoms with E-state index < -0.39 is 0 Å². The Morgan fingerprint density at radius 3 is 2.50 bits per heavy atom. The van der Waals surface area contributed by atoms with E-state index in [0.717, 1.165) is 17.9 Å². The smallest absolute Gasteiger partial charge is 0.220 e. The highest BCUT2D eigenvalue weighted by molar-refractivity contribution is 5.76. The maximum atomic E-state index is 11.9. The Balaban J connectivity index is 1.39. The van der Waals surface area contributed by atoms with E-state index in [-0.39, 0.29) is 5.91 Å². The first-order valence-electron chi connectivity index (χ1n) is 8.89. The molecule has 24 heavy (non-hydrogen) atoms. The second kappa shape index (κ2) is 8.69. The molecule has 0 spiro atoms. The van der Waals surface area contributed by atoms with Crippen LogP contribution in [0.15, 0.2) is 47.1 Å². The number of aryl methyl sites for hydroxylation is 1. The monoisotopic (exact) mass is 326 g/mol. The predicted octanol–water partition coefficient (Wildman–Crippen LogP) is 3.51. The summed E-state index contributed by atoms with van der Waals surface area (Å²) in [6, 6.07) is 12.3. The van der Waals surface area contributed by atoms with E-state index in [1.54, 1.807) is 6.26 Å². The maximum Gasteiger partial charge on any atom is 0.220 e. The number of rotatable bonds is 7. The fourth-order valence-electron chi connectivity index (χ4n) is 3.12. The highest BCUT2D eigenvalue weighted by atomic mass is 16.3. The number of benzene rings is 1. The molecule has 0 unspecified atom stereocenters. The molecule has 0 bridgehead atoms. The van der Waals surface area contributed by atoms with Crippen LogP contribution in [0.25, 0.3) is 0 Å². The molecule has 128 valence electrons. The molecule has 1 N–H and O–H groups in total. The summed E-state index contributed by atoms with van der Waals surface area (Å²) in [5.74, 6) is 0.913. The van der Waals surface area contributed by atoms with Crippen LogP contribution >= 0.6 is 0 Å². The van der Waals surface area contributed by atoms with Crippen LogP contribution in [-0.2, 0) is 24.3 Å². The van der Waals surface area contributed by atoms with Gasteiger partial charge in [0.25, 0.3) is 0 Å². The molecule has 0 radical (unpaired) electrons. The number of carbonyl (C=O) groups is 1. The lowest BCUT2D eigenvalue weighted by Gasteiger charge is -2.26. The summed E-state index contributed by atoms with van der Waals surface area (Å²) in [7, 11) is 0. The summed E-state index contributed by atoms with van der Waals surface area (Å²) in [5, 5.41) is 2.97. The van der Waals surface area contributed by atoms with Gasteiger partial charge in [-0.3, -0.25) is 9.69 Å². The number of furan rings is 1. The summed E-state index contributed by atoms with van der Waals surface area (Å²) in [5.41, 5.74) is 2.49. The van der Waals surface area contributed by atoms with Gasteiger partial charge in [0.2, 0.25) is 5.91 Å². The van der Waals surface area contributed by atoms with E-state index in [9.17, 15) is 4.79 Å². The van der Waals surface area contributed by atoms with Crippen molar-refractivity contribution in [3.63, 3.8) is 0 Å². The fourth-order valence-corrected chi connectivity index (χ4v) is 3.12. The van der Waals surface area contributed by atoms with E-state index in [1.165, 1.54) is 37.9 Å². The van der Waals surface area contributed by atoms with Crippen molar-refractivity contribution in [2.45, 2.75) is 45.2 Å². The van der Waals surface area contributed by atoms with Crippen molar-refractivity contribution in [1.29, 1.82) is 0 Å². The van der Waals surface area contributed by atoms with Crippen LogP contribution < -0.4 is 5.32 Å². The molecule has 0 atom stereocenters. The van der Waals surface area contributed by atoms with Gasteiger partial charge in [0, 0.05) is 25.9 Å². The number of carbonyl (C=O) groups excluding carboxylic acids is 1. The third kappa shape index (κ3) is 5.24. The van der Waals surface area contributed by atoms with Gasteiger partial charge in [0.1, 0.15) is 5.76 Å². The molecule has 1 aromatic carbocycles. The number of amides is 1. The maximum absolute atomic E-state index is 11.9. The summed E-state index contributed by atoms with van der Waals surface area (Å²) < 4.78 is 5.24. The average molecular weight is 326 g/mol. The second-order valence-electron chi connectivity index (χ2n) is 6.51. The first kappa shape index (κ1) is 16.8. The Morgan fingerprint density at radius 2 is 1.79 bits per heavy atom. The van der Waals surface area contributed by atoms with Crippen molar-refractivity contribution in [3.8, 4) is 0 Å². The molecular weight excluding hydrogens is 300 g/mol. The molecular formula is C20H26N2O2. The molecule has 2 heterocycles. The Kier molecular flexibility index (Phi) is 6.07. The zero-order chi connectivity index (χ0) is 16.6. The van der Waals surface area contributed by atoms with Crippen LogP contribution in [0, 0.1) is 0 Å². The zero-order valence-electron chi connectivity index (χ0n) is 14.2. The molecule has 0 aliphatic carbocycles. The predicted molar refractivity (Wildman–Crippen MR) is 94.4 cm³/mol. The summed E-state index contributed by atoms with van der Waals surface area (Å²) in [4.78, 5) is 14.4. The molecule has 0 saturated carbocycles. The molecule has 1 fully saturated rings. The molecule has 1 saturated heterocycles. The molecule has 4 nitrogen and oxygen atoms in total. The van der Waals surface area contributed by atoms with Crippen molar-refractivity contribution in [2.24, 2.45) is 0 Å². The number of piperidine rings is 1. The van der Waals surface area contributed by atoms with Gasteiger partial charge in [-0.05, 0) is 49.2 Å². The minimum absolute atomic E-state index is 0.0591. The lowest BCUT2D eigenvalue weighted by atomic mass is 10.1. The van der Waals surface area contributed by atoms with Crippen LogP contribution in [0.3, 0.4) is 0 Å². The van der Waals surface area contributed by atoms with Gasteiger partial charge >= 0.3 is 0 Å². The summed E-state index contributed by atoms with van der Waals surface area (Å²) >= 11 is 0. The molecule has 1 aliphatic rings. The highest BCUT2D eigenvalue weighted by Gasteiger charge is 2.10. The van der Waals surface area contributed by atoms with E-state index in [4.69, 9.17) is 4.42 Å². The number of likely N-dealkylation sites (tertiary alicyclic amines) is 1. The topological polar surface area (TPSA) is 45.5 Å². The average Bonchev–Trinajstić information content (AvgIpc) is 3.14. The van der Waals surface area contributed by atoms with Crippen molar-refractivity contribution in [2.75, 3.05) is 13.1 Å². The van der Waals surface area contributed by atoms with Gasteiger partial charge in [-0.1, -0.05) is 30.7 Å². The molecule has 1 aliphatic heterocycles. The Morgan fingerprint density at radius 1 is 1.04 bits per heavy atom. The Hall–Kier alpha value is -2.07. The fraction of sp³-hybridized carbons (Fsp3) is 0.450. The van der Waals surface area contributed by atoms with Crippen LogP contribution in [0.1, 0.15) is 42.6 Å². The van der Waals surface area contributed by atoms with Crippen LogP contribution in [0.2, 0.25) is 0 Å². The molecule has 1 aromatic heterocycles. The normalized spacial score (nSPS) is 15.3. The summed E-state index contributed by atoms with van der Waals surface area (Å²) in [6.45, 7) is 4.05. The third-order valence-corrected chi connectivity index (χ3v) is 4.55. The Labute approximate surface area is 143 Å². The van der Waals surface area contributed by atoms with Gasteiger partial charge in [-0.15, -0.1) is 0 Å². The van der Waals surface area contributed by atoms with E-state index in [1.807, 2.05) is 12.1 Å². The van der Waals surface area contributed by atoms with Crippen molar-refractivity contribution < 1.29 is 9.21 Å². The molecule has 3 rings (SSSR count). The van der Waals surface area contributed by atoms with E-state index in [0.29, 0.717) is 19.4 Å². The van der Waals surface area contributed by atoms with Gasteiger partial charge in [0.15, 0.2) is 0 Å². The SMILES string of the molecule is O=C(CCc1ccco1)NCc1ccc(CN2CCCCC2)cc1. The van der Waals surface area contributed by atoms with Crippen LogP contribution in [0.5, 0.6) is 0 Å².